The molecule has 24 heavy (non-hydrogen) atoms. The van der Waals surface area contributed by atoms with Gasteiger partial charge >= 0.3 is 0 Å². The summed E-state index contributed by atoms with van der Waals surface area (Å²) in [5, 5.41) is 0. The summed E-state index contributed by atoms with van der Waals surface area (Å²) in [5.74, 6) is -1.20. The van der Waals surface area contributed by atoms with E-state index in [4.69, 9.17) is 10.5 Å². The predicted molar refractivity (Wildman–Crippen MR) is 89.7 cm³/mol. The molecule has 1 heterocycles. The standard InChI is InChI=1S/C18H23F2N3O/c1-11(8-18(3,4)21)9-24-17-7-14(19)13(6-15(17)20)16-5-12(2)22-10-23-16/h5-7,10-11H,8-9,21H2,1-4H3/t11-/m0/s1. The van der Waals surface area contributed by atoms with E-state index in [1.54, 1.807) is 13.0 Å². The average molecular weight is 335 g/mol. The van der Waals surface area contributed by atoms with Crippen LogP contribution in [0.5, 0.6) is 5.75 Å². The molecule has 1 aromatic carbocycles. The Kier molecular flexibility index (Phi) is 5.49. The molecule has 2 aromatic rings. The molecule has 130 valence electrons. The molecular formula is C18H23F2N3O. The van der Waals surface area contributed by atoms with Crippen LogP contribution in [-0.2, 0) is 0 Å². The molecular weight excluding hydrogens is 312 g/mol. The van der Waals surface area contributed by atoms with Gasteiger partial charge in [0.05, 0.1) is 12.3 Å². The summed E-state index contributed by atoms with van der Waals surface area (Å²) < 4.78 is 34.0. The van der Waals surface area contributed by atoms with Crippen molar-refractivity contribution in [2.45, 2.75) is 39.7 Å². The maximum Gasteiger partial charge on any atom is 0.165 e. The maximum atomic E-state index is 14.3. The topological polar surface area (TPSA) is 61.0 Å². The van der Waals surface area contributed by atoms with Gasteiger partial charge in [-0.1, -0.05) is 6.92 Å². The van der Waals surface area contributed by atoms with Crippen molar-refractivity contribution in [3.8, 4) is 17.0 Å². The van der Waals surface area contributed by atoms with Crippen molar-refractivity contribution < 1.29 is 13.5 Å². The van der Waals surface area contributed by atoms with Gasteiger partial charge in [0.1, 0.15) is 12.1 Å². The third kappa shape index (κ3) is 4.96. The first kappa shape index (κ1) is 18.3. The molecule has 0 amide bonds. The minimum absolute atomic E-state index is 0.0847. The summed E-state index contributed by atoms with van der Waals surface area (Å²) in [6.45, 7) is 7.83. The van der Waals surface area contributed by atoms with E-state index in [-0.39, 0.29) is 29.4 Å². The summed E-state index contributed by atoms with van der Waals surface area (Å²) >= 11 is 0. The number of aryl methyl sites for hydroxylation is 1. The first-order valence-corrected chi connectivity index (χ1v) is 7.85. The van der Waals surface area contributed by atoms with E-state index in [1.165, 1.54) is 6.33 Å². The van der Waals surface area contributed by atoms with Gasteiger partial charge in [-0.2, -0.15) is 0 Å². The van der Waals surface area contributed by atoms with E-state index >= 15 is 0 Å². The highest BCUT2D eigenvalue weighted by molar-refractivity contribution is 5.61. The fourth-order valence-electron chi connectivity index (χ4n) is 2.63. The number of rotatable bonds is 6. The Bertz CT molecular complexity index is 714. The molecule has 1 atom stereocenters. The van der Waals surface area contributed by atoms with Gasteiger partial charge in [-0.15, -0.1) is 0 Å². The molecule has 0 radical (unpaired) electrons. The predicted octanol–water partition coefficient (Wildman–Crippen LogP) is 3.87. The lowest BCUT2D eigenvalue weighted by atomic mass is 9.93. The molecule has 1 aromatic heterocycles. The van der Waals surface area contributed by atoms with E-state index in [2.05, 4.69) is 9.97 Å². The highest BCUT2D eigenvalue weighted by atomic mass is 19.1. The van der Waals surface area contributed by atoms with Crippen LogP contribution in [0.3, 0.4) is 0 Å². The van der Waals surface area contributed by atoms with Crippen LogP contribution in [0.4, 0.5) is 8.78 Å². The molecule has 0 fully saturated rings. The Morgan fingerprint density at radius 1 is 1.17 bits per heavy atom. The molecule has 2 rings (SSSR count). The van der Waals surface area contributed by atoms with E-state index in [0.717, 1.165) is 18.6 Å². The number of halogens is 2. The first-order chi connectivity index (χ1) is 11.2. The van der Waals surface area contributed by atoms with Crippen LogP contribution in [-0.4, -0.2) is 22.1 Å². The molecule has 0 aliphatic rings. The lowest BCUT2D eigenvalue weighted by Gasteiger charge is -2.23. The summed E-state index contributed by atoms with van der Waals surface area (Å²) in [7, 11) is 0. The van der Waals surface area contributed by atoms with Crippen LogP contribution in [0.1, 0.15) is 32.9 Å². The normalized spacial score (nSPS) is 13.0. The zero-order chi connectivity index (χ0) is 17.9. The van der Waals surface area contributed by atoms with Gasteiger partial charge in [-0.25, -0.2) is 18.7 Å². The SMILES string of the molecule is Cc1cc(-c2cc(F)c(OC[C@@H](C)CC(C)(C)N)cc2F)ncn1. The highest BCUT2D eigenvalue weighted by Gasteiger charge is 2.18. The summed E-state index contributed by atoms with van der Waals surface area (Å²) in [6, 6.07) is 3.76. The minimum Gasteiger partial charge on any atom is -0.490 e. The van der Waals surface area contributed by atoms with Crippen LogP contribution in [0, 0.1) is 24.5 Å². The van der Waals surface area contributed by atoms with Crippen LogP contribution in [0.15, 0.2) is 24.5 Å². The zero-order valence-electron chi connectivity index (χ0n) is 14.4. The number of nitrogens with two attached hydrogens (primary N) is 1. The van der Waals surface area contributed by atoms with Crippen molar-refractivity contribution in [3.05, 3.63) is 41.9 Å². The van der Waals surface area contributed by atoms with Crippen LogP contribution >= 0.6 is 0 Å². The maximum absolute atomic E-state index is 14.3. The third-order valence-corrected chi connectivity index (χ3v) is 3.50. The Morgan fingerprint density at radius 2 is 1.88 bits per heavy atom. The highest BCUT2D eigenvalue weighted by Crippen LogP contribution is 2.28. The summed E-state index contributed by atoms with van der Waals surface area (Å²) in [6.07, 6.45) is 2.04. The van der Waals surface area contributed by atoms with E-state index in [9.17, 15) is 8.78 Å². The molecule has 0 aliphatic heterocycles. The van der Waals surface area contributed by atoms with E-state index in [1.807, 2.05) is 20.8 Å². The molecule has 2 N–H and O–H groups in total. The lowest BCUT2D eigenvalue weighted by molar-refractivity contribution is 0.221. The van der Waals surface area contributed by atoms with Crippen molar-refractivity contribution in [2.24, 2.45) is 11.7 Å². The zero-order valence-corrected chi connectivity index (χ0v) is 14.4. The lowest BCUT2D eigenvalue weighted by Crippen LogP contribution is -2.35. The molecule has 4 nitrogen and oxygen atoms in total. The number of aromatic nitrogens is 2. The number of hydrogen-bond acceptors (Lipinski definition) is 4. The quantitative estimate of drug-likeness (QED) is 0.870. The van der Waals surface area contributed by atoms with Crippen molar-refractivity contribution in [3.63, 3.8) is 0 Å². The van der Waals surface area contributed by atoms with Gasteiger partial charge in [-0.05, 0) is 45.2 Å². The number of nitrogens with zero attached hydrogens (tertiary/aromatic N) is 2. The van der Waals surface area contributed by atoms with Crippen molar-refractivity contribution in [1.82, 2.24) is 9.97 Å². The van der Waals surface area contributed by atoms with Gasteiger partial charge in [0.2, 0.25) is 0 Å². The van der Waals surface area contributed by atoms with Gasteiger partial charge in [0.15, 0.2) is 11.6 Å². The third-order valence-electron chi connectivity index (χ3n) is 3.50. The van der Waals surface area contributed by atoms with Crippen molar-refractivity contribution >= 4 is 0 Å². The second-order valence-corrected chi connectivity index (χ2v) is 6.92. The second kappa shape index (κ2) is 7.21. The van der Waals surface area contributed by atoms with Crippen LogP contribution in [0.2, 0.25) is 0 Å². The number of benzene rings is 1. The van der Waals surface area contributed by atoms with Crippen molar-refractivity contribution in [2.75, 3.05) is 6.61 Å². The van der Waals surface area contributed by atoms with E-state index < -0.39 is 11.6 Å². The molecule has 0 saturated carbocycles. The Labute approximate surface area is 141 Å². The van der Waals surface area contributed by atoms with E-state index in [0.29, 0.717) is 11.4 Å². The summed E-state index contributed by atoms with van der Waals surface area (Å²) in [5.41, 5.74) is 6.72. The molecule has 6 heteroatoms. The molecule has 0 spiro atoms. The van der Waals surface area contributed by atoms with Gasteiger partial charge in [0, 0.05) is 22.9 Å². The molecule has 0 bridgehead atoms. The summed E-state index contributed by atoms with van der Waals surface area (Å²) in [4.78, 5) is 7.93. The van der Waals surface area contributed by atoms with Gasteiger partial charge in [-0.3, -0.25) is 0 Å². The molecule has 0 saturated heterocycles. The van der Waals surface area contributed by atoms with Crippen LogP contribution < -0.4 is 10.5 Å². The number of hydrogen-bond donors (Lipinski definition) is 1. The second-order valence-electron chi connectivity index (χ2n) is 6.92. The van der Waals surface area contributed by atoms with Crippen LogP contribution in [0.25, 0.3) is 11.3 Å². The first-order valence-electron chi connectivity index (χ1n) is 7.85. The van der Waals surface area contributed by atoms with Crippen molar-refractivity contribution in [1.29, 1.82) is 0 Å². The largest absolute Gasteiger partial charge is 0.490 e. The molecule has 0 aliphatic carbocycles. The fraction of sp³-hybridized carbons (Fsp3) is 0.444. The average Bonchev–Trinajstić information content (AvgIpc) is 2.46. The van der Waals surface area contributed by atoms with Gasteiger partial charge in [0.25, 0.3) is 0 Å². The van der Waals surface area contributed by atoms with Gasteiger partial charge < -0.3 is 10.5 Å². The monoisotopic (exact) mass is 335 g/mol. The number of ether oxygens (including phenoxy) is 1. The fourth-order valence-corrected chi connectivity index (χ4v) is 2.63. The Balaban J connectivity index is 2.15. The Hall–Kier alpha value is -2.08. The minimum atomic E-state index is -0.623. The smallest absolute Gasteiger partial charge is 0.165 e. The molecule has 0 unspecified atom stereocenters. The Morgan fingerprint density at radius 3 is 2.50 bits per heavy atom.